The van der Waals surface area contributed by atoms with E-state index in [1.54, 1.807) is 24.1 Å². The molecule has 0 aliphatic heterocycles. The lowest BCUT2D eigenvalue weighted by Crippen LogP contribution is -2.26. The number of nitrogens with zero attached hydrogens (tertiary/aromatic N) is 3. The number of amides is 1. The third kappa shape index (κ3) is 2.23. The molecule has 0 spiro atoms. The van der Waals surface area contributed by atoms with Crippen LogP contribution in [0, 0.1) is 0 Å². The van der Waals surface area contributed by atoms with Gasteiger partial charge in [0.25, 0.3) is 5.91 Å². The van der Waals surface area contributed by atoms with Crippen molar-refractivity contribution in [2.24, 2.45) is 7.05 Å². The highest BCUT2D eigenvalue weighted by molar-refractivity contribution is 6.06. The molecule has 5 nitrogen and oxygen atoms in total. The zero-order valence-corrected chi connectivity index (χ0v) is 11.9. The summed E-state index contributed by atoms with van der Waals surface area (Å²) in [5, 5.41) is 0. The van der Waals surface area contributed by atoms with Crippen LogP contribution in [0.15, 0.2) is 48.5 Å². The number of fused-ring (bicyclic) bond motifs is 1. The van der Waals surface area contributed by atoms with E-state index in [9.17, 15) is 4.79 Å². The number of aryl methyl sites for hydroxylation is 1. The first kappa shape index (κ1) is 13.2. The number of benzene rings is 2. The number of aromatic nitrogens is 2. The van der Waals surface area contributed by atoms with Gasteiger partial charge < -0.3 is 15.2 Å². The summed E-state index contributed by atoms with van der Waals surface area (Å²) in [6.07, 6.45) is 0. The molecule has 2 aromatic carbocycles. The quantitative estimate of drug-likeness (QED) is 0.784. The van der Waals surface area contributed by atoms with Gasteiger partial charge in [-0.3, -0.25) is 4.79 Å². The van der Waals surface area contributed by atoms with Crippen molar-refractivity contribution in [3.63, 3.8) is 0 Å². The number of nitrogens with two attached hydrogens (primary N) is 1. The van der Waals surface area contributed by atoms with Crippen molar-refractivity contribution in [1.82, 2.24) is 9.55 Å². The van der Waals surface area contributed by atoms with Crippen LogP contribution in [0.5, 0.6) is 0 Å². The number of rotatable bonds is 2. The monoisotopic (exact) mass is 280 g/mol. The van der Waals surface area contributed by atoms with Crippen molar-refractivity contribution in [1.29, 1.82) is 0 Å². The maximum absolute atomic E-state index is 12.4. The summed E-state index contributed by atoms with van der Waals surface area (Å²) in [4.78, 5) is 18.3. The van der Waals surface area contributed by atoms with E-state index in [0.29, 0.717) is 11.5 Å². The van der Waals surface area contributed by atoms with Crippen LogP contribution in [-0.4, -0.2) is 22.5 Å². The average Bonchev–Trinajstić information content (AvgIpc) is 2.81. The Labute approximate surface area is 122 Å². The first-order chi connectivity index (χ1) is 10.1. The maximum Gasteiger partial charge on any atom is 0.258 e. The van der Waals surface area contributed by atoms with E-state index < -0.39 is 0 Å². The zero-order valence-electron chi connectivity index (χ0n) is 11.9. The first-order valence-corrected chi connectivity index (χ1v) is 6.63. The molecule has 0 fully saturated rings. The predicted molar refractivity (Wildman–Crippen MR) is 84.3 cm³/mol. The lowest BCUT2D eigenvalue weighted by Gasteiger charge is -2.17. The van der Waals surface area contributed by atoms with Crippen molar-refractivity contribution in [3.8, 4) is 0 Å². The van der Waals surface area contributed by atoms with Gasteiger partial charge in [-0.05, 0) is 30.3 Å². The molecule has 0 aliphatic rings. The topological polar surface area (TPSA) is 64.2 Å². The predicted octanol–water partition coefficient (Wildman–Crippen LogP) is 2.43. The molecule has 0 aliphatic carbocycles. The third-order valence-corrected chi connectivity index (χ3v) is 3.61. The minimum atomic E-state index is -0.0566. The van der Waals surface area contributed by atoms with Gasteiger partial charge in [-0.1, -0.05) is 18.2 Å². The molecule has 3 aromatic rings. The fraction of sp³-hybridized carbons (Fsp3) is 0.125. The smallest absolute Gasteiger partial charge is 0.258 e. The van der Waals surface area contributed by atoms with Crippen LogP contribution in [0.3, 0.4) is 0 Å². The number of nitrogen functional groups attached to an aromatic ring is 1. The molecule has 0 radical (unpaired) electrons. The minimum absolute atomic E-state index is 0.0566. The second kappa shape index (κ2) is 4.94. The highest BCUT2D eigenvalue weighted by atomic mass is 16.2. The molecule has 0 saturated carbocycles. The van der Waals surface area contributed by atoms with Crippen molar-refractivity contribution >= 4 is 28.6 Å². The normalized spacial score (nSPS) is 10.8. The van der Waals surface area contributed by atoms with Crippen LogP contribution < -0.4 is 10.6 Å². The Morgan fingerprint density at radius 3 is 2.62 bits per heavy atom. The highest BCUT2D eigenvalue weighted by Crippen LogP contribution is 2.23. The van der Waals surface area contributed by atoms with Gasteiger partial charge in [0.05, 0.1) is 11.0 Å². The fourth-order valence-corrected chi connectivity index (χ4v) is 2.31. The van der Waals surface area contributed by atoms with E-state index in [1.165, 1.54) is 0 Å². The number of hydrogen-bond acceptors (Lipinski definition) is 3. The van der Waals surface area contributed by atoms with E-state index in [0.717, 1.165) is 16.7 Å². The standard InChI is InChI=1S/C16H16N4O/c1-19(15(21)11-6-4-3-5-7-11)12-8-9-14-13(10-12)18-16(17)20(14)2/h3-10H,1-2H3,(H2,17,18). The van der Waals surface area contributed by atoms with Gasteiger partial charge in [-0.15, -0.1) is 0 Å². The summed E-state index contributed by atoms with van der Waals surface area (Å²) in [6, 6.07) is 14.9. The molecular formula is C16H16N4O. The summed E-state index contributed by atoms with van der Waals surface area (Å²) in [7, 11) is 3.62. The van der Waals surface area contributed by atoms with Gasteiger partial charge in [0.15, 0.2) is 0 Å². The molecule has 1 amide bonds. The van der Waals surface area contributed by atoms with E-state index in [1.807, 2.05) is 48.0 Å². The summed E-state index contributed by atoms with van der Waals surface area (Å²) in [6.45, 7) is 0. The molecule has 0 atom stereocenters. The summed E-state index contributed by atoms with van der Waals surface area (Å²) in [5.74, 6) is 0.401. The molecule has 5 heteroatoms. The van der Waals surface area contributed by atoms with Crippen molar-refractivity contribution in [3.05, 3.63) is 54.1 Å². The Hall–Kier alpha value is -2.82. The Bertz CT molecular complexity index is 808. The van der Waals surface area contributed by atoms with E-state index in [2.05, 4.69) is 4.98 Å². The Kier molecular flexibility index (Phi) is 3.10. The number of imidazole rings is 1. The molecule has 3 rings (SSSR count). The van der Waals surface area contributed by atoms with Crippen LogP contribution in [-0.2, 0) is 7.05 Å². The Morgan fingerprint density at radius 1 is 1.19 bits per heavy atom. The van der Waals surface area contributed by atoms with Gasteiger partial charge in [0.2, 0.25) is 5.95 Å². The van der Waals surface area contributed by atoms with Crippen LogP contribution in [0.1, 0.15) is 10.4 Å². The largest absolute Gasteiger partial charge is 0.369 e. The number of carbonyl (C=O) groups excluding carboxylic acids is 1. The van der Waals surface area contributed by atoms with Gasteiger partial charge in [0.1, 0.15) is 0 Å². The second-order valence-electron chi connectivity index (χ2n) is 4.93. The van der Waals surface area contributed by atoms with Crippen molar-refractivity contribution < 1.29 is 4.79 Å². The van der Waals surface area contributed by atoms with Crippen LogP contribution in [0.2, 0.25) is 0 Å². The van der Waals surface area contributed by atoms with Gasteiger partial charge in [-0.25, -0.2) is 4.98 Å². The molecule has 0 unspecified atom stereocenters. The minimum Gasteiger partial charge on any atom is -0.369 e. The van der Waals surface area contributed by atoms with Crippen LogP contribution in [0.4, 0.5) is 11.6 Å². The molecular weight excluding hydrogens is 264 g/mol. The molecule has 2 N–H and O–H groups in total. The SMILES string of the molecule is CN(C(=O)c1ccccc1)c1ccc2c(c1)nc(N)n2C. The van der Waals surface area contributed by atoms with E-state index in [-0.39, 0.29) is 5.91 Å². The number of hydrogen-bond donors (Lipinski definition) is 1. The number of anilines is 2. The summed E-state index contributed by atoms with van der Waals surface area (Å²) in [5.41, 5.74) is 8.96. The fourth-order valence-electron chi connectivity index (χ4n) is 2.31. The molecule has 1 aromatic heterocycles. The Balaban J connectivity index is 1.98. The second-order valence-corrected chi connectivity index (χ2v) is 4.93. The Morgan fingerprint density at radius 2 is 1.90 bits per heavy atom. The molecule has 0 saturated heterocycles. The van der Waals surface area contributed by atoms with Gasteiger partial charge >= 0.3 is 0 Å². The first-order valence-electron chi connectivity index (χ1n) is 6.63. The van der Waals surface area contributed by atoms with Crippen molar-refractivity contribution in [2.75, 3.05) is 17.7 Å². The third-order valence-electron chi connectivity index (χ3n) is 3.61. The molecule has 0 bridgehead atoms. The maximum atomic E-state index is 12.4. The summed E-state index contributed by atoms with van der Waals surface area (Å²) >= 11 is 0. The van der Waals surface area contributed by atoms with Crippen LogP contribution in [0.25, 0.3) is 11.0 Å². The number of carbonyl (C=O) groups is 1. The van der Waals surface area contributed by atoms with Crippen LogP contribution >= 0.6 is 0 Å². The molecule has 21 heavy (non-hydrogen) atoms. The van der Waals surface area contributed by atoms with Crippen molar-refractivity contribution in [2.45, 2.75) is 0 Å². The summed E-state index contributed by atoms with van der Waals surface area (Å²) < 4.78 is 1.82. The van der Waals surface area contributed by atoms with Gasteiger partial charge in [-0.2, -0.15) is 0 Å². The zero-order chi connectivity index (χ0) is 15.0. The molecule has 1 heterocycles. The molecule has 106 valence electrons. The van der Waals surface area contributed by atoms with Gasteiger partial charge in [0, 0.05) is 25.3 Å². The van der Waals surface area contributed by atoms with E-state index >= 15 is 0 Å². The highest BCUT2D eigenvalue weighted by Gasteiger charge is 2.14. The lowest BCUT2D eigenvalue weighted by molar-refractivity contribution is 0.0993. The average molecular weight is 280 g/mol. The van der Waals surface area contributed by atoms with E-state index in [4.69, 9.17) is 5.73 Å². The lowest BCUT2D eigenvalue weighted by atomic mass is 10.2.